The molecule has 0 saturated heterocycles. The molecule has 0 atom stereocenters. The molecule has 0 aromatic heterocycles. The lowest BCUT2D eigenvalue weighted by Crippen LogP contribution is -2.22. The molecule has 13 heteroatoms. The summed E-state index contributed by atoms with van der Waals surface area (Å²) in [6.07, 6.45) is 1.50. The molecule has 2 N–H and O–H groups in total. The summed E-state index contributed by atoms with van der Waals surface area (Å²) in [7, 11) is 0. The third-order valence-electron chi connectivity index (χ3n) is 5.87. The number of nitro benzene ring substituents is 2. The second-order valence-electron chi connectivity index (χ2n) is 8.86. The number of rotatable bonds is 12. The van der Waals surface area contributed by atoms with Crippen LogP contribution in [-0.2, 0) is 11.2 Å². The zero-order chi connectivity index (χ0) is 30.8. The normalized spacial score (nSPS) is 10.6. The number of hydrogen-bond donors (Lipinski definition) is 2. The SMILES string of the molecule is CCOc1cc(C=NNC(=O)c2ccccc2NC(=O)Cc2ccccc2)ccc1Oc1ccc([N+](=O)[O-])cc1[N+](=O)[O-]. The number of nitro groups is 2. The van der Waals surface area contributed by atoms with Crippen molar-refractivity contribution >= 4 is 35.1 Å². The van der Waals surface area contributed by atoms with Crippen LogP contribution in [-0.4, -0.2) is 34.5 Å². The fourth-order valence-electron chi connectivity index (χ4n) is 3.92. The highest BCUT2D eigenvalue weighted by Crippen LogP contribution is 2.38. The highest BCUT2D eigenvalue weighted by molar-refractivity contribution is 6.04. The fourth-order valence-corrected chi connectivity index (χ4v) is 3.92. The number of carbonyl (C=O) groups is 2. The molecule has 2 amide bonds. The molecule has 43 heavy (non-hydrogen) atoms. The smallest absolute Gasteiger partial charge is 0.318 e. The summed E-state index contributed by atoms with van der Waals surface area (Å²) in [4.78, 5) is 46.4. The summed E-state index contributed by atoms with van der Waals surface area (Å²) in [5, 5.41) is 29.2. The van der Waals surface area contributed by atoms with Crippen LogP contribution < -0.4 is 20.2 Å². The topological polar surface area (TPSA) is 175 Å². The Morgan fingerprint density at radius 1 is 0.860 bits per heavy atom. The Morgan fingerprint density at radius 2 is 1.58 bits per heavy atom. The molecule has 0 bridgehead atoms. The number of hydrogen-bond acceptors (Lipinski definition) is 9. The molecule has 0 heterocycles. The lowest BCUT2D eigenvalue weighted by atomic mass is 10.1. The van der Waals surface area contributed by atoms with Gasteiger partial charge in [-0.3, -0.25) is 29.8 Å². The number of ether oxygens (including phenoxy) is 2. The van der Waals surface area contributed by atoms with Crippen molar-refractivity contribution in [1.82, 2.24) is 5.43 Å². The summed E-state index contributed by atoms with van der Waals surface area (Å²) in [5.41, 5.74) is 3.27. The van der Waals surface area contributed by atoms with Crippen molar-refractivity contribution in [3.8, 4) is 17.2 Å². The van der Waals surface area contributed by atoms with E-state index in [-0.39, 0.29) is 41.7 Å². The number of benzene rings is 4. The molecule has 0 spiro atoms. The number of anilines is 1. The average Bonchev–Trinajstić information content (AvgIpc) is 2.99. The minimum absolute atomic E-state index is 0.125. The summed E-state index contributed by atoms with van der Waals surface area (Å²) in [6, 6.07) is 23.4. The monoisotopic (exact) mass is 583 g/mol. The molecule has 0 aliphatic rings. The van der Waals surface area contributed by atoms with Crippen molar-refractivity contribution in [1.29, 1.82) is 0 Å². The predicted octanol–water partition coefficient (Wildman–Crippen LogP) is 5.64. The van der Waals surface area contributed by atoms with Crippen LogP contribution in [0.2, 0.25) is 0 Å². The van der Waals surface area contributed by atoms with Crippen LogP contribution >= 0.6 is 0 Å². The molecule has 4 rings (SSSR count). The van der Waals surface area contributed by atoms with Gasteiger partial charge in [-0.15, -0.1) is 0 Å². The van der Waals surface area contributed by atoms with Gasteiger partial charge in [-0.25, -0.2) is 5.43 Å². The van der Waals surface area contributed by atoms with Gasteiger partial charge < -0.3 is 14.8 Å². The van der Waals surface area contributed by atoms with Crippen molar-refractivity contribution in [2.75, 3.05) is 11.9 Å². The van der Waals surface area contributed by atoms with E-state index in [4.69, 9.17) is 9.47 Å². The van der Waals surface area contributed by atoms with E-state index in [0.29, 0.717) is 11.3 Å². The zero-order valence-corrected chi connectivity index (χ0v) is 22.8. The predicted molar refractivity (Wildman–Crippen MR) is 158 cm³/mol. The third kappa shape index (κ3) is 7.98. The Morgan fingerprint density at radius 3 is 2.30 bits per heavy atom. The molecule has 13 nitrogen and oxygen atoms in total. The maximum atomic E-state index is 12.9. The van der Waals surface area contributed by atoms with Crippen molar-refractivity contribution in [3.63, 3.8) is 0 Å². The molecule has 4 aromatic rings. The van der Waals surface area contributed by atoms with Gasteiger partial charge in [0.1, 0.15) is 0 Å². The Balaban J connectivity index is 1.46. The van der Waals surface area contributed by atoms with Crippen LogP contribution in [0.15, 0.2) is 96.1 Å². The van der Waals surface area contributed by atoms with Gasteiger partial charge in [-0.2, -0.15) is 5.10 Å². The second kappa shape index (κ2) is 14.0. The van der Waals surface area contributed by atoms with Gasteiger partial charge in [0.05, 0.1) is 46.4 Å². The number of amides is 2. The van der Waals surface area contributed by atoms with Gasteiger partial charge in [0, 0.05) is 6.07 Å². The molecule has 0 aliphatic carbocycles. The Hall–Kier alpha value is -6.11. The first-order valence-electron chi connectivity index (χ1n) is 12.9. The van der Waals surface area contributed by atoms with E-state index in [0.717, 1.165) is 23.8 Å². The van der Waals surface area contributed by atoms with E-state index >= 15 is 0 Å². The molecule has 4 aromatic carbocycles. The van der Waals surface area contributed by atoms with Gasteiger partial charge in [0.2, 0.25) is 11.7 Å². The Bertz CT molecular complexity index is 1690. The van der Waals surface area contributed by atoms with E-state index in [1.165, 1.54) is 12.3 Å². The lowest BCUT2D eigenvalue weighted by Gasteiger charge is -2.12. The van der Waals surface area contributed by atoms with Crippen molar-refractivity contribution in [3.05, 3.63) is 128 Å². The minimum atomic E-state index is -0.779. The second-order valence-corrected chi connectivity index (χ2v) is 8.86. The van der Waals surface area contributed by atoms with Gasteiger partial charge in [-0.1, -0.05) is 42.5 Å². The number of hydrazone groups is 1. The first-order chi connectivity index (χ1) is 20.7. The zero-order valence-electron chi connectivity index (χ0n) is 22.8. The molecule has 0 saturated carbocycles. The van der Waals surface area contributed by atoms with Crippen LogP contribution in [0.4, 0.5) is 17.1 Å². The van der Waals surface area contributed by atoms with Crippen LogP contribution in [0.5, 0.6) is 17.2 Å². The van der Waals surface area contributed by atoms with Crippen molar-refractivity contribution < 1.29 is 28.9 Å². The first-order valence-corrected chi connectivity index (χ1v) is 12.9. The molecule has 0 radical (unpaired) electrons. The fraction of sp³-hybridized carbons (Fsp3) is 0.100. The minimum Gasteiger partial charge on any atom is -0.490 e. The van der Waals surface area contributed by atoms with E-state index < -0.39 is 27.1 Å². The first kappa shape index (κ1) is 29.9. The van der Waals surface area contributed by atoms with E-state index in [2.05, 4.69) is 15.8 Å². The third-order valence-corrected chi connectivity index (χ3v) is 5.87. The van der Waals surface area contributed by atoms with Crippen molar-refractivity contribution in [2.24, 2.45) is 5.10 Å². The summed E-state index contributed by atoms with van der Waals surface area (Å²) in [5.74, 6) is -0.695. The van der Waals surface area contributed by atoms with E-state index in [1.54, 1.807) is 43.3 Å². The Kier molecular flexibility index (Phi) is 9.71. The quantitative estimate of drug-likeness (QED) is 0.122. The van der Waals surface area contributed by atoms with E-state index in [9.17, 15) is 29.8 Å². The maximum absolute atomic E-state index is 12.9. The number of para-hydroxylation sites is 1. The number of non-ortho nitro benzene ring substituents is 1. The van der Waals surface area contributed by atoms with Gasteiger partial charge >= 0.3 is 5.69 Å². The van der Waals surface area contributed by atoms with Crippen molar-refractivity contribution in [2.45, 2.75) is 13.3 Å². The van der Waals surface area contributed by atoms with Crippen LogP contribution in [0.3, 0.4) is 0 Å². The van der Waals surface area contributed by atoms with Crippen LogP contribution in [0.25, 0.3) is 0 Å². The number of nitrogens with one attached hydrogen (secondary N) is 2. The van der Waals surface area contributed by atoms with Gasteiger partial charge in [0.25, 0.3) is 11.6 Å². The highest BCUT2D eigenvalue weighted by atomic mass is 16.6. The summed E-state index contributed by atoms with van der Waals surface area (Å²) >= 11 is 0. The Labute approximate surface area is 245 Å². The molecular formula is C30H25N5O8. The summed E-state index contributed by atoms with van der Waals surface area (Å²) in [6.45, 7) is 1.97. The van der Waals surface area contributed by atoms with Crippen LogP contribution in [0.1, 0.15) is 28.4 Å². The largest absolute Gasteiger partial charge is 0.490 e. The number of nitrogens with zero attached hydrogens (tertiary/aromatic N) is 3. The molecular weight excluding hydrogens is 558 g/mol. The highest BCUT2D eigenvalue weighted by Gasteiger charge is 2.22. The average molecular weight is 584 g/mol. The molecule has 0 aliphatic heterocycles. The standard InChI is InChI=1S/C30H25N5O8/c1-2-42-28-16-21(12-14-27(28)43-26-15-13-22(34(38)39)18-25(26)35(40)41)19-31-33-30(37)23-10-6-7-11-24(23)32-29(36)17-20-8-4-3-5-9-20/h3-16,18-19H,2,17H2,1H3,(H,32,36)(H,33,37). The number of carbonyl (C=O) groups excluding carboxylic acids is 2. The summed E-state index contributed by atoms with van der Waals surface area (Å²) < 4.78 is 11.3. The van der Waals surface area contributed by atoms with E-state index in [1.807, 2.05) is 30.3 Å². The van der Waals surface area contributed by atoms with Gasteiger partial charge in [0.15, 0.2) is 11.5 Å². The lowest BCUT2D eigenvalue weighted by molar-refractivity contribution is -0.394. The molecule has 218 valence electrons. The van der Waals surface area contributed by atoms with Gasteiger partial charge in [-0.05, 0) is 54.4 Å². The molecule has 0 unspecified atom stereocenters. The molecule has 0 fully saturated rings. The maximum Gasteiger partial charge on any atom is 0.318 e. The van der Waals surface area contributed by atoms with Crippen LogP contribution in [0, 0.1) is 20.2 Å².